The maximum absolute atomic E-state index is 13.6. The first-order valence-electron chi connectivity index (χ1n) is 8.16. The Morgan fingerprint density at radius 1 is 1.22 bits per heavy atom. The molecule has 1 heterocycles. The van der Waals surface area contributed by atoms with Crippen LogP contribution in [0.1, 0.15) is 22.3 Å². The summed E-state index contributed by atoms with van der Waals surface area (Å²) in [6.07, 6.45) is 0.184. The van der Waals surface area contributed by atoms with Crippen molar-refractivity contribution in [1.82, 2.24) is 5.32 Å². The Bertz CT molecular complexity index is 1010. The van der Waals surface area contributed by atoms with E-state index in [-0.39, 0.29) is 47.2 Å². The first kappa shape index (κ1) is 19.3. The van der Waals surface area contributed by atoms with E-state index in [9.17, 15) is 22.4 Å². The Kier molecular flexibility index (Phi) is 5.48. The van der Waals surface area contributed by atoms with Crippen LogP contribution in [0.2, 0.25) is 5.02 Å². The molecule has 1 saturated heterocycles. The second-order valence-electron chi connectivity index (χ2n) is 5.99. The second kappa shape index (κ2) is 7.66. The molecule has 1 aliphatic rings. The van der Waals surface area contributed by atoms with Crippen LogP contribution in [0.5, 0.6) is 0 Å². The second-order valence-corrected chi connectivity index (χ2v) is 8.33. The summed E-state index contributed by atoms with van der Waals surface area (Å²) >= 11 is 6.05. The molecule has 2 amide bonds. The zero-order valence-corrected chi connectivity index (χ0v) is 15.7. The van der Waals surface area contributed by atoms with Gasteiger partial charge in [0, 0.05) is 13.0 Å². The van der Waals surface area contributed by atoms with Crippen LogP contribution in [-0.2, 0) is 21.2 Å². The summed E-state index contributed by atoms with van der Waals surface area (Å²) in [5.41, 5.74) is 0.574. The third kappa shape index (κ3) is 4.12. The van der Waals surface area contributed by atoms with Gasteiger partial charge in [0.15, 0.2) is 0 Å². The molecular weight excluding hydrogens is 395 g/mol. The summed E-state index contributed by atoms with van der Waals surface area (Å²) in [6, 6.07) is 10.2. The van der Waals surface area contributed by atoms with Crippen LogP contribution in [0.25, 0.3) is 0 Å². The van der Waals surface area contributed by atoms with E-state index in [1.54, 1.807) is 18.2 Å². The highest BCUT2D eigenvalue weighted by atomic mass is 35.5. The number of anilines is 1. The van der Waals surface area contributed by atoms with E-state index in [2.05, 4.69) is 5.32 Å². The Hall–Kier alpha value is -2.45. The number of carbonyl (C=O) groups is 2. The molecule has 27 heavy (non-hydrogen) atoms. The van der Waals surface area contributed by atoms with E-state index in [4.69, 9.17) is 11.6 Å². The van der Waals surface area contributed by atoms with Gasteiger partial charge in [-0.15, -0.1) is 0 Å². The molecule has 3 rings (SSSR count). The van der Waals surface area contributed by atoms with Crippen LogP contribution in [0.15, 0.2) is 42.5 Å². The minimum absolute atomic E-state index is 0.0394. The topological polar surface area (TPSA) is 83.6 Å². The number of amides is 2. The van der Waals surface area contributed by atoms with Gasteiger partial charge in [-0.05, 0) is 36.2 Å². The predicted molar refractivity (Wildman–Crippen MR) is 99.8 cm³/mol. The van der Waals surface area contributed by atoms with Crippen molar-refractivity contribution < 1.29 is 22.4 Å². The van der Waals surface area contributed by atoms with Gasteiger partial charge in [0.25, 0.3) is 5.91 Å². The van der Waals surface area contributed by atoms with Crippen LogP contribution >= 0.6 is 11.6 Å². The molecule has 2 aromatic carbocycles. The van der Waals surface area contributed by atoms with Crippen molar-refractivity contribution in [3.05, 3.63) is 64.4 Å². The molecule has 0 aromatic heterocycles. The quantitative estimate of drug-likeness (QED) is 0.821. The lowest BCUT2D eigenvalue weighted by atomic mass is 10.1. The molecule has 0 unspecified atom stereocenters. The molecule has 1 fully saturated rings. The van der Waals surface area contributed by atoms with Gasteiger partial charge >= 0.3 is 0 Å². The molecule has 0 spiro atoms. The van der Waals surface area contributed by atoms with E-state index in [0.29, 0.717) is 9.87 Å². The molecule has 6 nitrogen and oxygen atoms in total. The van der Waals surface area contributed by atoms with Crippen molar-refractivity contribution >= 4 is 39.1 Å². The maximum Gasteiger partial charge on any atom is 0.252 e. The molecule has 1 aliphatic heterocycles. The number of nitrogens with zero attached hydrogens (tertiary/aromatic N) is 1. The number of halogens is 2. The average Bonchev–Trinajstić information content (AvgIpc) is 2.90. The lowest BCUT2D eigenvalue weighted by Crippen LogP contribution is -2.30. The van der Waals surface area contributed by atoms with Gasteiger partial charge in [0.2, 0.25) is 15.9 Å². The number of hydrogen-bond acceptors (Lipinski definition) is 4. The number of hydrogen-bond donors (Lipinski definition) is 1. The monoisotopic (exact) mass is 410 g/mol. The largest absolute Gasteiger partial charge is 0.352 e. The summed E-state index contributed by atoms with van der Waals surface area (Å²) in [5.74, 6) is -1.71. The Labute approximate surface area is 161 Å². The van der Waals surface area contributed by atoms with Crippen LogP contribution in [-0.4, -0.2) is 32.5 Å². The first-order chi connectivity index (χ1) is 12.8. The highest BCUT2D eigenvalue weighted by Crippen LogP contribution is 2.29. The SMILES string of the molecule is O=C(NCCc1ccccc1F)c1cc(N2C(=O)CCS2(=O)=O)ccc1Cl. The van der Waals surface area contributed by atoms with Crippen molar-refractivity contribution in [3.63, 3.8) is 0 Å². The van der Waals surface area contributed by atoms with Crippen LogP contribution in [0, 0.1) is 5.82 Å². The third-order valence-electron chi connectivity index (χ3n) is 4.15. The molecular formula is C18H16ClFN2O4S. The summed E-state index contributed by atoms with van der Waals surface area (Å²) in [5, 5.41) is 2.74. The summed E-state index contributed by atoms with van der Waals surface area (Å²) < 4.78 is 38.4. The molecule has 142 valence electrons. The molecule has 1 N–H and O–H groups in total. The summed E-state index contributed by atoms with van der Waals surface area (Å²) in [4.78, 5) is 24.3. The molecule has 0 bridgehead atoms. The van der Waals surface area contributed by atoms with Crippen LogP contribution < -0.4 is 9.62 Å². The van der Waals surface area contributed by atoms with Gasteiger partial charge in [0.05, 0.1) is 22.0 Å². The van der Waals surface area contributed by atoms with Crippen molar-refractivity contribution in [2.24, 2.45) is 0 Å². The molecule has 9 heteroatoms. The van der Waals surface area contributed by atoms with Gasteiger partial charge in [-0.25, -0.2) is 17.1 Å². The van der Waals surface area contributed by atoms with Crippen LogP contribution in [0.4, 0.5) is 10.1 Å². The van der Waals surface area contributed by atoms with Gasteiger partial charge in [-0.2, -0.15) is 0 Å². The number of benzene rings is 2. The number of carbonyl (C=O) groups excluding carboxylic acids is 2. The highest BCUT2D eigenvalue weighted by molar-refractivity contribution is 7.94. The number of nitrogens with one attached hydrogen (secondary N) is 1. The Balaban J connectivity index is 1.75. The maximum atomic E-state index is 13.6. The van der Waals surface area contributed by atoms with Gasteiger partial charge < -0.3 is 5.32 Å². The van der Waals surface area contributed by atoms with E-state index in [0.717, 1.165) is 0 Å². The Morgan fingerprint density at radius 3 is 2.63 bits per heavy atom. The lowest BCUT2D eigenvalue weighted by molar-refractivity contribution is -0.116. The van der Waals surface area contributed by atoms with E-state index in [1.165, 1.54) is 24.3 Å². The summed E-state index contributed by atoms with van der Waals surface area (Å²) in [7, 11) is -3.74. The van der Waals surface area contributed by atoms with Crippen molar-refractivity contribution in [2.45, 2.75) is 12.8 Å². The molecule has 2 aromatic rings. The fourth-order valence-corrected chi connectivity index (χ4v) is 4.44. The molecule has 0 saturated carbocycles. The molecule has 0 aliphatic carbocycles. The lowest BCUT2D eigenvalue weighted by Gasteiger charge is -2.16. The van der Waals surface area contributed by atoms with Crippen molar-refractivity contribution in [2.75, 3.05) is 16.6 Å². The molecule has 0 radical (unpaired) electrons. The van der Waals surface area contributed by atoms with Gasteiger partial charge in [0.1, 0.15) is 5.82 Å². The molecule has 0 atom stereocenters. The number of sulfonamides is 1. The smallest absolute Gasteiger partial charge is 0.252 e. The Morgan fingerprint density at radius 2 is 1.96 bits per heavy atom. The zero-order chi connectivity index (χ0) is 19.6. The minimum Gasteiger partial charge on any atom is -0.352 e. The zero-order valence-electron chi connectivity index (χ0n) is 14.1. The average molecular weight is 411 g/mol. The fourth-order valence-electron chi connectivity index (χ4n) is 2.79. The van der Waals surface area contributed by atoms with E-state index >= 15 is 0 Å². The number of rotatable bonds is 5. The van der Waals surface area contributed by atoms with Crippen molar-refractivity contribution in [1.29, 1.82) is 0 Å². The van der Waals surface area contributed by atoms with Crippen LogP contribution in [0.3, 0.4) is 0 Å². The van der Waals surface area contributed by atoms with Gasteiger partial charge in [-0.1, -0.05) is 29.8 Å². The van der Waals surface area contributed by atoms with Crippen molar-refractivity contribution in [3.8, 4) is 0 Å². The first-order valence-corrected chi connectivity index (χ1v) is 10.2. The normalized spacial score (nSPS) is 15.8. The fraction of sp³-hybridized carbons (Fsp3) is 0.222. The van der Waals surface area contributed by atoms with E-state index in [1.807, 2.05) is 0 Å². The standard InChI is InChI=1S/C18H16ClFN2O4S/c19-15-6-5-13(22-17(23)8-10-27(22,25)26)11-14(15)18(24)21-9-7-12-3-1-2-4-16(12)20/h1-6,11H,7-10H2,(H,21,24). The predicted octanol–water partition coefficient (Wildman–Crippen LogP) is 2.52. The van der Waals surface area contributed by atoms with E-state index < -0.39 is 21.8 Å². The minimum atomic E-state index is -3.74. The summed E-state index contributed by atoms with van der Waals surface area (Å²) in [6.45, 7) is 0.168. The highest BCUT2D eigenvalue weighted by Gasteiger charge is 2.36. The van der Waals surface area contributed by atoms with Gasteiger partial charge in [-0.3, -0.25) is 9.59 Å². The third-order valence-corrected chi connectivity index (χ3v) is 6.17.